The third-order valence-electron chi connectivity index (χ3n) is 3.13. The number of hydrogen-bond acceptors (Lipinski definition) is 2. The molecule has 2 N–H and O–H groups in total. The van der Waals surface area contributed by atoms with E-state index in [1.807, 2.05) is 13.8 Å². The van der Waals surface area contributed by atoms with Crippen LogP contribution in [0.15, 0.2) is 30.5 Å². The highest BCUT2D eigenvalue weighted by molar-refractivity contribution is 5.83. The van der Waals surface area contributed by atoms with Crippen LogP contribution in [-0.2, 0) is 13.6 Å². The van der Waals surface area contributed by atoms with Crippen molar-refractivity contribution in [3.8, 4) is 0 Å². The summed E-state index contributed by atoms with van der Waals surface area (Å²) in [6, 6.07) is 8.37. The summed E-state index contributed by atoms with van der Waals surface area (Å²) in [7, 11) is 2.06. The van der Waals surface area contributed by atoms with Gasteiger partial charge in [0.05, 0.1) is 6.61 Å². The van der Waals surface area contributed by atoms with Crippen molar-refractivity contribution in [2.75, 3.05) is 6.61 Å². The summed E-state index contributed by atoms with van der Waals surface area (Å²) >= 11 is 0. The maximum absolute atomic E-state index is 9.22. The van der Waals surface area contributed by atoms with Gasteiger partial charge in [-0.3, -0.25) is 0 Å². The molecule has 1 heterocycles. The second-order valence-corrected chi connectivity index (χ2v) is 5.18. The Balaban J connectivity index is 2.25. The molecule has 0 amide bonds. The lowest BCUT2D eigenvalue weighted by atomic mass is 10.1. The van der Waals surface area contributed by atoms with E-state index < -0.39 is 0 Å². The van der Waals surface area contributed by atoms with E-state index in [-0.39, 0.29) is 12.1 Å². The molecule has 17 heavy (non-hydrogen) atoms. The molecule has 0 unspecified atom stereocenters. The fourth-order valence-corrected chi connectivity index (χ4v) is 1.96. The van der Waals surface area contributed by atoms with Gasteiger partial charge in [0.25, 0.3) is 0 Å². The minimum absolute atomic E-state index is 0.137. The zero-order chi connectivity index (χ0) is 12.5. The molecule has 0 saturated carbocycles. The first-order valence-corrected chi connectivity index (χ1v) is 5.92. The number of aliphatic hydroxyl groups is 1. The highest BCUT2D eigenvalue weighted by atomic mass is 16.3. The van der Waals surface area contributed by atoms with Crippen LogP contribution in [-0.4, -0.2) is 21.8 Å². The molecular formula is C14H20N2O. The number of nitrogens with zero attached hydrogens (tertiary/aromatic N) is 1. The topological polar surface area (TPSA) is 37.2 Å². The Bertz CT molecular complexity index is 514. The van der Waals surface area contributed by atoms with E-state index in [1.54, 1.807) is 0 Å². The quantitative estimate of drug-likeness (QED) is 0.846. The highest BCUT2D eigenvalue weighted by Crippen LogP contribution is 2.20. The van der Waals surface area contributed by atoms with E-state index >= 15 is 0 Å². The molecule has 0 fully saturated rings. The smallest absolute Gasteiger partial charge is 0.0607 e. The van der Waals surface area contributed by atoms with Gasteiger partial charge in [-0.05, 0) is 25.5 Å². The number of aliphatic hydroxyl groups excluding tert-OH is 1. The number of hydrogen-bond donors (Lipinski definition) is 2. The number of nitrogens with one attached hydrogen (secondary N) is 1. The van der Waals surface area contributed by atoms with Gasteiger partial charge in [-0.25, -0.2) is 0 Å². The van der Waals surface area contributed by atoms with Crippen molar-refractivity contribution in [2.45, 2.75) is 25.9 Å². The molecule has 0 radical (unpaired) electrons. The first kappa shape index (κ1) is 12.1. The lowest BCUT2D eigenvalue weighted by Crippen LogP contribution is -2.42. The van der Waals surface area contributed by atoms with Gasteiger partial charge >= 0.3 is 0 Å². The lowest BCUT2D eigenvalue weighted by molar-refractivity contribution is 0.187. The molecule has 0 saturated heterocycles. The number of rotatable bonds is 4. The van der Waals surface area contributed by atoms with Crippen LogP contribution in [0.5, 0.6) is 0 Å². The summed E-state index contributed by atoms with van der Waals surface area (Å²) in [5.74, 6) is 0. The van der Waals surface area contributed by atoms with Crippen molar-refractivity contribution < 1.29 is 5.11 Å². The molecule has 0 spiro atoms. The Morgan fingerprint density at radius 2 is 2.00 bits per heavy atom. The van der Waals surface area contributed by atoms with Gasteiger partial charge in [0, 0.05) is 36.2 Å². The van der Waals surface area contributed by atoms with Gasteiger partial charge in [0.15, 0.2) is 0 Å². The zero-order valence-corrected chi connectivity index (χ0v) is 10.7. The van der Waals surface area contributed by atoms with Crippen LogP contribution >= 0.6 is 0 Å². The fourth-order valence-electron chi connectivity index (χ4n) is 1.96. The van der Waals surface area contributed by atoms with Crippen molar-refractivity contribution in [3.05, 3.63) is 36.0 Å². The van der Waals surface area contributed by atoms with E-state index in [1.165, 1.54) is 16.5 Å². The summed E-state index contributed by atoms with van der Waals surface area (Å²) in [5.41, 5.74) is 2.27. The number of benzene rings is 1. The third kappa shape index (κ3) is 2.51. The van der Waals surface area contributed by atoms with Crippen LogP contribution in [0, 0.1) is 0 Å². The number of fused-ring (bicyclic) bond motifs is 1. The van der Waals surface area contributed by atoms with Crippen LogP contribution in [0.1, 0.15) is 19.4 Å². The Morgan fingerprint density at radius 1 is 1.29 bits per heavy atom. The van der Waals surface area contributed by atoms with Gasteiger partial charge in [-0.2, -0.15) is 0 Å². The molecule has 3 nitrogen and oxygen atoms in total. The molecule has 3 heteroatoms. The Hall–Kier alpha value is -1.32. The SMILES string of the molecule is Cn1cc(CNC(C)(C)CO)c2ccccc21. The van der Waals surface area contributed by atoms with Crippen LogP contribution < -0.4 is 5.32 Å². The maximum atomic E-state index is 9.22. The Morgan fingerprint density at radius 3 is 2.71 bits per heavy atom. The molecule has 0 aliphatic carbocycles. The highest BCUT2D eigenvalue weighted by Gasteiger charge is 2.16. The number of aryl methyl sites for hydroxylation is 1. The van der Waals surface area contributed by atoms with Crippen molar-refractivity contribution in [1.29, 1.82) is 0 Å². The lowest BCUT2D eigenvalue weighted by Gasteiger charge is -2.23. The van der Waals surface area contributed by atoms with E-state index in [4.69, 9.17) is 0 Å². The monoisotopic (exact) mass is 232 g/mol. The van der Waals surface area contributed by atoms with Gasteiger partial charge < -0.3 is 15.0 Å². The van der Waals surface area contributed by atoms with Gasteiger partial charge in [-0.1, -0.05) is 18.2 Å². The molecule has 2 rings (SSSR count). The first-order chi connectivity index (χ1) is 8.03. The molecule has 0 atom stereocenters. The van der Waals surface area contributed by atoms with Crippen molar-refractivity contribution in [3.63, 3.8) is 0 Å². The first-order valence-electron chi connectivity index (χ1n) is 5.92. The van der Waals surface area contributed by atoms with Crippen LogP contribution in [0.4, 0.5) is 0 Å². The normalized spacial score (nSPS) is 12.2. The summed E-state index contributed by atoms with van der Waals surface area (Å²) in [6.07, 6.45) is 2.14. The van der Waals surface area contributed by atoms with E-state index in [0.29, 0.717) is 0 Å². The van der Waals surface area contributed by atoms with Crippen LogP contribution in [0.2, 0.25) is 0 Å². The van der Waals surface area contributed by atoms with Gasteiger partial charge in [-0.15, -0.1) is 0 Å². The van der Waals surface area contributed by atoms with Crippen molar-refractivity contribution in [1.82, 2.24) is 9.88 Å². The van der Waals surface area contributed by atoms with Crippen LogP contribution in [0.3, 0.4) is 0 Å². The minimum atomic E-state index is -0.239. The van der Waals surface area contributed by atoms with Crippen LogP contribution in [0.25, 0.3) is 10.9 Å². The average molecular weight is 232 g/mol. The molecule has 0 bridgehead atoms. The standard InChI is InChI=1S/C14H20N2O/c1-14(2,10-17)15-8-11-9-16(3)13-7-5-4-6-12(11)13/h4-7,9,15,17H,8,10H2,1-3H3. The van der Waals surface area contributed by atoms with Crippen molar-refractivity contribution >= 4 is 10.9 Å². The molecule has 92 valence electrons. The zero-order valence-electron chi connectivity index (χ0n) is 10.7. The van der Waals surface area contributed by atoms with Gasteiger partial charge in [0.2, 0.25) is 0 Å². The minimum Gasteiger partial charge on any atom is -0.394 e. The molecule has 2 aromatic rings. The average Bonchev–Trinajstić information content (AvgIpc) is 2.65. The fraction of sp³-hybridized carbons (Fsp3) is 0.429. The number of aromatic nitrogens is 1. The summed E-state index contributed by atoms with van der Waals surface area (Å²) in [4.78, 5) is 0. The maximum Gasteiger partial charge on any atom is 0.0607 e. The predicted molar refractivity (Wildman–Crippen MR) is 70.9 cm³/mol. The summed E-state index contributed by atoms with van der Waals surface area (Å²) in [6.45, 7) is 4.91. The number of para-hydroxylation sites is 1. The van der Waals surface area contributed by atoms with Crippen molar-refractivity contribution in [2.24, 2.45) is 7.05 Å². The molecule has 1 aromatic carbocycles. The predicted octanol–water partition coefficient (Wildman–Crippen LogP) is 2.04. The van der Waals surface area contributed by atoms with E-state index in [0.717, 1.165) is 6.54 Å². The Kier molecular flexibility index (Phi) is 3.22. The third-order valence-corrected chi connectivity index (χ3v) is 3.13. The molecule has 0 aliphatic heterocycles. The second-order valence-electron chi connectivity index (χ2n) is 5.18. The molecule has 1 aromatic heterocycles. The van der Waals surface area contributed by atoms with E-state index in [9.17, 15) is 5.11 Å². The summed E-state index contributed by atoms with van der Waals surface area (Å²) < 4.78 is 2.14. The largest absolute Gasteiger partial charge is 0.394 e. The summed E-state index contributed by atoms with van der Waals surface area (Å²) in [5, 5.41) is 13.9. The van der Waals surface area contributed by atoms with Gasteiger partial charge in [0.1, 0.15) is 0 Å². The van der Waals surface area contributed by atoms with E-state index in [2.05, 4.69) is 47.4 Å². The second kappa shape index (κ2) is 4.51. The molecular weight excluding hydrogens is 212 g/mol. The Labute approximate surface area is 102 Å². The molecule has 0 aliphatic rings.